The molecule has 0 saturated heterocycles. The zero-order chi connectivity index (χ0) is 25.5. The van der Waals surface area contributed by atoms with Crippen molar-refractivity contribution in [2.75, 3.05) is 12.3 Å². The number of nitrogens with zero attached hydrogens (tertiary/aromatic N) is 2. The molecule has 6 N–H and O–H groups in total. The number of ketones is 1. The number of aliphatic hydroxyl groups is 1. The topological polar surface area (TPSA) is 144 Å². The van der Waals surface area contributed by atoms with E-state index in [1.165, 1.54) is 12.3 Å². The van der Waals surface area contributed by atoms with Crippen LogP contribution in [0.15, 0.2) is 65.7 Å². The van der Waals surface area contributed by atoms with E-state index in [1.54, 1.807) is 31.2 Å². The minimum Gasteiger partial charge on any atom is -0.398 e. The van der Waals surface area contributed by atoms with Gasteiger partial charge in [0.15, 0.2) is 11.5 Å². The zero-order valence-corrected chi connectivity index (χ0v) is 20.9. The van der Waals surface area contributed by atoms with E-state index in [0.717, 1.165) is 16.0 Å². The Balaban J connectivity index is 1.77. The number of nitrogens with one attached hydrogen (secondary N) is 1. The molecule has 0 fully saturated rings. The minimum absolute atomic E-state index is 0.0132. The highest BCUT2D eigenvalue weighted by molar-refractivity contribution is 7.85. The maximum Gasteiger partial charge on any atom is 0.210 e. The van der Waals surface area contributed by atoms with Crippen molar-refractivity contribution in [2.24, 2.45) is 5.73 Å². The van der Waals surface area contributed by atoms with Gasteiger partial charge in [-0.05, 0) is 30.2 Å². The molecule has 35 heavy (non-hydrogen) atoms. The van der Waals surface area contributed by atoms with Gasteiger partial charge in [0.1, 0.15) is 0 Å². The van der Waals surface area contributed by atoms with Gasteiger partial charge in [-0.1, -0.05) is 50.2 Å². The highest BCUT2D eigenvalue weighted by atomic mass is 32.2. The van der Waals surface area contributed by atoms with Crippen LogP contribution < -0.4 is 16.8 Å². The number of hydrogen-bond acceptors (Lipinski definition) is 8. The molecule has 1 heterocycles. The van der Waals surface area contributed by atoms with Gasteiger partial charge in [-0.25, -0.2) is 9.97 Å². The Morgan fingerprint density at radius 1 is 1.11 bits per heavy atom. The van der Waals surface area contributed by atoms with Gasteiger partial charge in [0.05, 0.1) is 28.8 Å². The van der Waals surface area contributed by atoms with Gasteiger partial charge < -0.3 is 21.9 Å². The van der Waals surface area contributed by atoms with Crippen LogP contribution in [0.5, 0.6) is 0 Å². The van der Waals surface area contributed by atoms with Crippen LogP contribution in [0.1, 0.15) is 42.4 Å². The van der Waals surface area contributed by atoms with Gasteiger partial charge in [0.25, 0.3) is 0 Å². The fourth-order valence-electron chi connectivity index (χ4n) is 3.28. The standard InChI is InChI=1S/C26H31N5O3S/c1-16(2)35(34)21-10-8-20(9-11-21)23-15-30-26(28)25(31-23)24(33)12-22(27)19-6-4-18(5-7-19)14-29-13-17(3)32/h4-12,15-17,29,32H,13-14,27H2,1-3H3,(H2,28,30). The van der Waals surface area contributed by atoms with Crippen LogP contribution in [0.25, 0.3) is 17.0 Å². The molecule has 184 valence electrons. The third-order valence-electron chi connectivity index (χ3n) is 5.19. The van der Waals surface area contributed by atoms with Crippen LogP contribution >= 0.6 is 0 Å². The monoisotopic (exact) mass is 493 g/mol. The molecule has 2 atom stereocenters. The number of rotatable bonds is 10. The lowest BCUT2D eigenvalue weighted by Crippen LogP contribution is -2.23. The maximum absolute atomic E-state index is 12.9. The average Bonchev–Trinajstić information content (AvgIpc) is 2.84. The number of hydrogen-bond donors (Lipinski definition) is 4. The Morgan fingerprint density at radius 2 is 1.77 bits per heavy atom. The van der Waals surface area contributed by atoms with E-state index in [4.69, 9.17) is 11.5 Å². The highest BCUT2D eigenvalue weighted by Crippen LogP contribution is 2.22. The first-order valence-corrected chi connectivity index (χ1v) is 12.5. The lowest BCUT2D eigenvalue weighted by atomic mass is 10.1. The zero-order valence-electron chi connectivity index (χ0n) is 20.1. The third-order valence-corrected chi connectivity index (χ3v) is 6.78. The van der Waals surface area contributed by atoms with Gasteiger partial charge in [-0.15, -0.1) is 0 Å². The molecule has 1 aromatic heterocycles. The number of nitrogen functional groups attached to an aromatic ring is 1. The van der Waals surface area contributed by atoms with E-state index in [2.05, 4.69) is 15.3 Å². The van der Waals surface area contributed by atoms with Crippen LogP contribution in [0.4, 0.5) is 5.82 Å². The van der Waals surface area contributed by atoms with E-state index in [9.17, 15) is 14.1 Å². The van der Waals surface area contributed by atoms with Crippen molar-refractivity contribution < 1.29 is 14.1 Å². The number of carbonyl (C=O) groups is 1. The molecule has 9 heteroatoms. The smallest absolute Gasteiger partial charge is 0.210 e. The van der Waals surface area contributed by atoms with Crippen molar-refractivity contribution in [3.05, 3.63) is 77.6 Å². The molecule has 0 spiro atoms. The van der Waals surface area contributed by atoms with Gasteiger partial charge in [0, 0.05) is 40.6 Å². The number of nitrogens with two attached hydrogens (primary N) is 2. The molecule has 3 aromatic rings. The summed E-state index contributed by atoms with van der Waals surface area (Å²) in [6.07, 6.45) is 2.38. The molecule has 0 aliphatic carbocycles. The fraction of sp³-hybridized carbons (Fsp3) is 0.269. The molecule has 0 aliphatic rings. The van der Waals surface area contributed by atoms with E-state index in [1.807, 2.05) is 38.1 Å². The van der Waals surface area contributed by atoms with Crippen molar-refractivity contribution in [3.63, 3.8) is 0 Å². The first kappa shape index (κ1) is 26.2. The molecule has 0 radical (unpaired) electrons. The van der Waals surface area contributed by atoms with Gasteiger partial charge in [0.2, 0.25) is 5.78 Å². The summed E-state index contributed by atoms with van der Waals surface area (Å²) in [5.41, 5.74) is 15.3. The highest BCUT2D eigenvalue weighted by Gasteiger charge is 2.15. The third kappa shape index (κ3) is 7.05. The summed E-state index contributed by atoms with van der Waals surface area (Å²) < 4.78 is 12.3. The number of benzene rings is 2. The summed E-state index contributed by atoms with van der Waals surface area (Å²) in [5, 5.41) is 12.5. The SMILES string of the molecule is CC(O)CNCc1ccc(C(N)=CC(=O)c2nc(-c3ccc(S(=O)C(C)C)cc3)cnc2N)cc1. The van der Waals surface area contributed by atoms with Crippen molar-refractivity contribution in [1.29, 1.82) is 0 Å². The quantitative estimate of drug-likeness (QED) is 0.249. The first-order chi connectivity index (χ1) is 16.7. The minimum atomic E-state index is -1.09. The van der Waals surface area contributed by atoms with Gasteiger partial charge in [-0.3, -0.25) is 9.00 Å². The maximum atomic E-state index is 12.9. The van der Waals surface area contributed by atoms with E-state index < -0.39 is 22.7 Å². The van der Waals surface area contributed by atoms with Crippen molar-refractivity contribution in [2.45, 2.75) is 43.6 Å². The van der Waals surface area contributed by atoms with Crippen LogP contribution in [-0.2, 0) is 17.3 Å². The van der Waals surface area contributed by atoms with Crippen LogP contribution in [0.3, 0.4) is 0 Å². The molecule has 0 saturated carbocycles. The molecule has 8 nitrogen and oxygen atoms in total. The summed E-state index contributed by atoms with van der Waals surface area (Å²) in [6.45, 7) is 6.64. The van der Waals surface area contributed by atoms with E-state index in [-0.39, 0.29) is 22.5 Å². The lowest BCUT2D eigenvalue weighted by Gasteiger charge is -2.09. The Bertz CT molecular complexity index is 1220. The Morgan fingerprint density at radius 3 is 2.37 bits per heavy atom. The summed E-state index contributed by atoms with van der Waals surface area (Å²) in [4.78, 5) is 22.2. The van der Waals surface area contributed by atoms with Crippen LogP contribution in [0, 0.1) is 0 Å². The summed E-state index contributed by atoms with van der Waals surface area (Å²) in [5.74, 6) is -0.436. The number of aliphatic hydroxyl groups excluding tert-OH is 1. The van der Waals surface area contributed by atoms with E-state index in [0.29, 0.717) is 24.3 Å². The molecule has 2 aromatic carbocycles. The average molecular weight is 494 g/mol. The number of allylic oxidation sites excluding steroid dienone is 1. The number of anilines is 1. The van der Waals surface area contributed by atoms with Crippen molar-refractivity contribution in [1.82, 2.24) is 15.3 Å². The van der Waals surface area contributed by atoms with Gasteiger partial charge >= 0.3 is 0 Å². The molecule has 0 aliphatic heterocycles. The second-order valence-corrected chi connectivity index (χ2v) is 10.5. The molecule has 2 unspecified atom stereocenters. The fourth-order valence-corrected chi connectivity index (χ4v) is 4.23. The number of aromatic nitrogens is 2. The second kappa shape index (κ2) is 11.8. The summed E-state index contributed by atoms with van der Waals surface area (Å²) in [7, 11) is -1.09. The first-order valence-electron chi connectivity index (χ1n) is 11.3. The summed E-state index contributed by atoms with van der Waals surface area (Å²) >= 11 is 0. The van der Waals surface area contributed by atoms with Crippen LogP contribution in [0.2, 0.25) is 0 Å². The predicted molar refractivity (Wildman–Crippen MR) is 140 cm³/mol. The Kier molecular flexibility index (Phi) is 8.86. The number of carbonyl (C=O) groups excluding carboxylic acids is 1. The molecule has 0 amide bonds. The molecular formula is C26H31N5O3S. The summed E-state index contributed by atoms with van der Waals surface area (Å²) in [6, 6.07) is 14.6. The molecule has 0 bridgehead atoms. The molecule has 3 rings (SSSR count). The van der Waals surface area contributed by atoms with Crippen molar-refractivity contribution in [3.8, 4) is 11.3 Å². The normalized spacial score (nSPS) is 13.6. The second-order valence-electron chi connectivity index (χ2n) is 8.50. The lowest BCUT2D eigenvalue weighted by molar-refractivity contribution is 0.104. The Labute approximate surface area is 208 Å². The largest absolute Gasteiger partial charge is 0.398 e. The molecular weight excluding hydrogens is 462 g/mol. The van der Waals surface area contributed by atoms with E-state index >= 15 is 0 Å². The van der Waals surface area contributed by atoms with Gasteiger partial charge in [-0.2, -0.15) is 0 Å². The predicted octanol–water partition coefficient (Wildman–Crippen LogP) is 2.89. The van der Waals surface area contributed by atoms with Crippen LogP contribution in [-0.4, -0.2) is 43.0 Å². The Hall–Kier alpha value is -3.40. The van der Waals surface area contributed by atoms with Crippen molar-refractivity contribution >= 4 is 28.1 Å².